The van der Waals surface area contributed by atoms with Gasteiger partial charge >= 0.3 is 0 Å². The Morgan fingerprint density at radius 1 is 0.788 bits per heavy atom. The van der Waals surface area contributed by atoms with Crippen molar-refractivity contribution in [3.8, 4) is 0 Å². The number of carbonyl (C=O) groups excluding carboxylic acids is 3. The average Bonchev–Trinajstić information content (AvgIpc) is 3.00. The van der Waals surface area contributed by atoms with Crippen LogP contribution < -0.4 is 15.5 Å². The van der Waals surface area contributed by atoms with E-state index in [0.29, 0.717) is 27.0 Å². The molecule has 3 aromatic carbocycles. The second kappa shape index (κ2) is 9.45. The molecule has 0 fully saturated rings. The third-order valence-corrected chi connectivity index (χ3v) is 5.93. The van der Waals surface area contributed by atoms with Crippen LogP contribution in [0.15, 0.2) is 77.5 Å². The molecule has 0 aliphatic carbocycles. The summed E-state index contributed by atoms with van der Waals surface area (Å²) in [5.74, 6) is -1.87. The van der Waals surface area contributed by atoms with Gasteiger partial charge in [-0.3, -0.25) is 14.4 Å². The van der Waals surface area contributed by atoms with Gasteiger partial charge in [0.1, 0.15) is 10.7 Å². The van der Waals surface area contributed by atoms with E-state index < -0.39 is 17.7 Å². The normalized spacial score (nSPS) is 13.5. The van der Waals surface area contributed by atoms with Gasteiger partial charge in [-0.15, -0.1) is 0 Å². The molecule has 1 aliphatic rings. The fourth-order valence-corrected chi connectivity index (χ4v) is 3.89. The molecule has 4 rings (SSSR count). The van der Waals surface area contributed by atoms with Gasteiger partial charge in [-0.2, -0.15) is 0 Å². The fraction of sp³-hybridized carbons (Fsp3) is 0. The van der Waals surface area contributed by atoms with E-state index >= 15 is 0 Å². The Bertz CT molecular complexity index is 1340. The smallest absolute Gasteiger partial charge is 0.283 e. The van der Waals surface area contributed by atoms with E-state index in [4.69, 9.17) is 46.4 Å². The predicted molar refractivity (Wildman–Crippen MR) is 131 cm³/mol. The Hall–Kier alpha value is -3.03. The SMILES string of the molecule is O=C(Nc1ccccc1Cl)c1cccc(NC2=C(Cl)C(=O)N(c3cc(Cl)ccc3Cl)C2=O)c1. The Morgan fingerprint density at radius 3 is 2.30 bits per heavy atom. The van der Waals surface area contributed by atoms with E-state index in [1.165, 1.54) is 24.3 Å². The average molecular weight is 521 g/mol. The van der Waals surface area contributed by atoms with Crippen LogP contribution >= 0.6 is 46.4 Å². The van der Waals surface area contributed by atoms with Crippen LogP contribution in [0.25, 0.3) is 0 Å². The van der Waals surface area contributed by atoms with Gasteiger partial charge in [0.15, 0.2) is 0 Å². The van der Waals surface area contributed by atoms with E-state index in [-0.39, 0.29) is 21.4 Å². The molecule has 0 radical (unpaired) electrons. The molecule has 33 heavy (non-hydrogen) atoms. The third-order valence-electron chi connectivity index (χ3n) is 4.69. The minimum atomic E-state index is -0.749. The van der Waals surface area contributed by atoms with Gasteiger partial charge in [-0.05, 0) is 48.5 Å². The zero-order valence-corrected chi connectivity index (χ0v) is 19.6. The third kappa shape index (κ3) is 4.70. The van der Waals surface area contributed by atoms with E-state index in [9.17, 15) is 14.4 Å². The number of nitrogens with zero attached hydrogens (tertiary/aromatic N) is 1. The van der Waals surface area contributed by atoms with E-state index in [0.717, 1.165) is 4.90 Å². The highest BCUT2D eigenvalue weighted by molar-refractivity contribution is 6.54. The number of anilines is 3. The molecule has 3 amide bonds. The molecule has 3 aromatic rings. The van der Waals surface area contributed by atoms with E-state index in [2.05, 4.69) is 10.6 Å². The van der Waals surface area contributed by atoms with E-state index in [1.807, 2.05) is 0 Å². The van der Waals surface area contributed by atoms with Gasteiger partial charge < -0.3 is 10.6 Å². The summed E-state index contributed by atoms with van der Waals surface area (Å²) in [5.41, 5.74) is 1.08. The van der Waals surface area contributed by atoms with Crippen LogP contribution in [0.1, 0.15) is 10.4 Å². The Labute approximate surface area is 208 Å². The first kappa shape index (κ1) is 23.1. The summed E-state index contributed by atoms with van der Waals surface area (Å²) in [6, 6.07) is 17.6. The molecular weight excluding hydrogens is 508 g/mol. The second-order valence-electron chi connectivity index (χ2n) is 6.87. The van der Waals surface area contributed by atoms with Crippen LogP contribution in [-0.4, -0.2) is 17.7 Å². The van der Waals surface area contributed by atoms with Gasteiger partial charge in [0, 0.05) is 16.3 Å². The van der Waals surface area contributed by atoms with Gasteiger partial charge in [0.2, 0.25) is 0 Å². The van der Waals surface area contributed by atoms with Crippen LogP contribution in [0, 0.1) is 0 Å². The first-order valence-corrected chi connectivity index (χ1v) is 10.9. The summed E-state index contributed by atoms with van der Waals surface area (Å²) in [4.78, 5) is 39.2. The number of amides is 3. The number of carbonyl (C=O) groups is 3. The standard InChI is InChI=1S/C23H13Cl4N3O3/c24-13-8-9-16(26)18(11-13)30-22(32)19(27)20(23(30)33)28-14-5-3-4-12(10-14)21(31)29-17-7-2-1-6-15(17)25/h1-11,28H,(H,29,31). The van der Waals surface area contributed by atoms with Gasteiger partial charge in [0.05, 0.1) is 21.4 Å². The molecule has 0 saturated carbocycles. The van der Waals surface area contributed by atoms with Crippen molar-refractivity contribution >= 4 is 81.2 Å². The fourth-order valence-electron chi connectivity index (χ4n) is 3.13. The highest BCUT2D eigenvalue weighted by Crippen LogP contribution is 2.36. The highest BCUT2D eigenvalue weighted by atomic mass is 35.5. The lowest BCUT2D eigenvalue weighted by Gasteiger charge is -2.17. The van der Waals surface area contributed by atoms with Gasteiger partial charge in [-0.1, -0.05) is 64.6 Å². The van der Waals surface area contributed by atoms with Crippen molar-refractivity contribution in [1.82, 2.24) is 0 Å². The largest absolute Gasteiger partial charge is 0.350 e. The molecule has 10 heteroatoms. The molecule has 0 saturated heterocycles. The van der Waals surface area contributed by atoms with Gasteiger partial charge in [0.25, 0.3) is 17.7 Å². The van der Waals surface area contributed by atoms with Crippen LogP contribution in [0.4, 0.5) is 17.1 Å². The van der Waals surface area contributed by atoms with Crippen molar-refractivity contribution in [3.63, 3.8) is 0 Å². The number of rotatable bonds is 5. The molecule has 166 valence electrons. The lowest BCUT2D eigenvalue weighted by Crippen LogP contribution is -2.32. The summed E-state index contributed by atoms with van der Waals surface area (Å²) < 4.78 is 0. The predicted octanol–water partition coefficient (Wildman–Crippen LogP) is 6.33. The van der Waals surface area contributed by atoms with Crippen molar-refractivity contribution in [3.05, 3.63) is 98.1 Å². The molecule has 0 unspecified atom stereocenters. The lowest BCUT2D eigenvalue weighted by atomic mass is 10.1. The molecule has 0 atom stereocenters. The van der Waals surface area contributed by atoms with Crippen LogP contribution in [0.5, 0.6) is 0 Å². The molecule has 1 heterocycles. The summed E-state index contributed by atoms with van der Waals surface area (Å²) in [6.07, 6.45) is 0. The molecular formula is C23H13Cl4N3O3. The van der Waals surface area contributed by atoms with Crippen LogP contribution in [-0.2, 0) is 9.59 Å². The Kier molecular flexibility index (Phi) is 6.63. The Balaban J connectivity index is 1.57. The number of imide groups is 1. The lowest BCUT2D eigenvalue weighted by molar-refractivity contribution is -0.120. The summed E-state index contributed by atoms with van der Waals surface area (Å²) in [7, 11) is 0. The van der Waals surface area contributed by atoms with Crippen molar-refractivity contribution < 1.29 is 14.4 Å². The summed E-state index contributed by atoms with van der Waals surface area (Å²) in [5, 5.41) is 6.08. The molecule has 2 N–H and O–H groups in total. The second-order valence-corrected chi connectivity index (χ2v) is 8.50. The zero-order chi connectivity index (χ0) is 23.7. The molecule has 0 spiro atoms. The zero-order valence-electron chi connectivity index (χ0n) is 16.5. The highest BCUT2D eigenvalue weighted by Gasteiger charge is 2.40. The van der Waals surface area contributed by atoms with Crippen molar-refractivity contribution in [2.75, 3.05) is 15.5 Å². The number of hydrogen-bond donors (Lipinski definition) is 2. The maximum atomic E-state index is 13.0. The first-order valence-electron chi connectivity index (χ1n) is 9.43. The monoisotopic (exact) mass is 519 g/mol. The van der Waals surface area contributed by atoms with E-state index in [1.54, 1.807) is 42.5 Å². The number of halogens is 4. The topological polar surface area (TPSA) is 78.5 Å². The Morgan fingerprint density at radius 2 is 1.55 bits per heavy atom. The maximum absolute atomic E-state index is 13.0. The van der Waals surface area contributed by atoms with Crippen molar-refractivity contribution in [2.24, 2.45) is 0 Å². The minimum absolute atomic E-state index is 0.113. The van der Waals surface area contributed by atoms with Crippen molar-refractivity contribution in [2.45, 2.75) is 0 Å². The summed E-state index contributed by atoms with van der Waals surface area (Å²) >= 11 is 24.4. The first-order chi connectivity index (χ1) is 15.8. The molecule has 6 nitrogen and oxygen atoms in total. The van der Waals surface area contributed by atoms with Crippen LogP contribution in [0.3, 0.4) is 0 Å². The van der Waals surface area contributed by atoms with Crippen molar-refractivity contribution in [1.29, 1.82) is 0 Å². The quantitative estimate of drug-likeness (QED) is 0.385. The molecule has 0 aromatic heterocycles. The number of hydrogen-bond acceptors (Lipinski definition) is 4. The summed E-state index contributed by atoms with van der Waals surface area (Å²) in [6.45, 7) is 0. The number of nitrogens with one attached hydrogen (secondary N) is 2. The molecule has 1 aliphatic heterocycles. The number of benzene rings is 3. The maximum Gasteiger partial charge on any atom is 0.283 e. The van der Waals surface area contributed by atoms with Gasteiger partial charge in [-0.25, -0.2) is 4.90 Å². The molecule has 0 bridgehead atoms. The minimum Gasteiger partial charge on any atom is -0.350 e. The number of para-hydroxylation sites is 1. The van der Waals surface area contributed by atoms with Crippen LogP contribution in [0.2, 0.25) is 15.1 Å².